The Morgan fingerprint density at radius 3 is 3.13 bits per heavy atom. The van der Waals surface area contributed by atoms with Gasteiger partial charge in [-0.3, -0.25) is 4.68 Å². The van der Waals surface area contributed by atoms with Gasteiger partial charge in [0.25, 0.3) is 0 Å². The Bertz CT molecular complexity index is 644. The van der Waals surface area contributed by atoms with Gasteiger partial charge < -0.3 is 4.74 Å². The van der Waals surface area contributed by atoms with Crippen molar-refractivity contribution in [2.45, 2.75) is 58.4 Å². The van der Waals surface area contributed by atoms with E-state index in [1.165, 1.54) is 18.4 Å². The van der Waals surface area contributed by atoms with Crippen LogP contribution in [0.25, 0.3) is 0 Å². The summed E-state index contributed by atoms with van der Waals surface area (Å²) in [5.41, 5.74) is 3.10. The summed E-state index contributed by atoms with van der Waals surface area (Å²) in [6.07, 6.45) is 10.5. The molecule has 124 valence electrons. The highest BCUT2D eigenvalue weighted by molar-refractivity contribution is 5.74. The van der Waals surface area contributed by atoms with Crippen LogP contribution in [-0.4, -0.2) is 22.4 Å². The molecular formula is C19H26N2O2. The van der Waals surface area contributed by atoms with Crippen LogP contribution in [0.2, 0.25) is 0 Å². The van der Waals surface area contributed by atoms with E-state index in [2.05, 4.69) is 25.0 Å². The van der Waals surface area contributed by atoms with Crippen LogP contribution in [0, 0.1) is 17.3 Å². The lowest BCUT2D eigenvalue weighted by Gasteiger charge is -2.56. The first-order valence-electron chi connectivity index (χ1n) is 8.95. The summed E-state index contributed by atoms with van der Waals surface area (Å²) in [5, 5.41) is 4.30. The van der Waals surface area contributed by atoms with E-state index in [-0.39, 0.29) is 12.0 Å². The standard InChI is InChI=1S/C19H26N2O2/c1-19(2)14-7-6-13(16(19)12-14)9-11-23-18(22)17-5-3-4-15-8-10-20-21(15)17/h6,8,10,14,16-17H,3-5,7,9,11-12H2,1-2H3/t14-,16-,17?/m0/s1. The van der Waals surface area contributed by atoms with Crippen molar-refractivity contribution < 1.29 is 9.53 Å². The SMILES string of the molecule is CC1(C)[C@H]2CC=C(CCOC(=O)C3CCCc4ccnn43)[C@@H]1C2. The third-order valence-electron chi connectivity index (χ3n) is 6.45. The second kappa shape index (κ2) is 5.50. The van der Waals surface area contributed by atoms with Gasteiger partial charge in [0, 0.05) is 18.3 Å². The average Bonchev–Trinajstić information content (AvgIpc) is 3.03. The molecule has 4 aliphatic rings. The average molecular weight is 314 g/mol. The third kappa shape index (κ3) is 2.43. The van der Waals surface area contributed by atoms with Gasteiger partial charge in [-0.05, 0) is 55.4 Å². The summed E-state index contributed by atoms with van der Waals surface area (Å²) >= 11 is 0. The van der Waals surface area contributed by atoms with Crippen LogP contribution in [0.1, 0.15) is 57.7 Å². The van der Waals surface area contributed by atoms with Crippen LogP contribution in [0.4, 0.5) is 0 Å². The summed E-state index contributed by atoms with van der Waals surface area (Å²) in [7, 11) is 0. The molecule has 1 unspecified atom stereocenters. The molecular weight excluding hydrogens is 288 g/mol. The van der Waals surface area contributed by atoms with Gasteiger partial charge in [0.1, 0.15) is 6.04 Å². The molecule has 1 aromatic heterocycles. The minimum atomic E-state index is -0.224. The van der Waals surface area contributed by atoms with Crippen LogP contribution in [-0.2, 0) is 16.0 Å². The number of carbonyl (C=O) groups excluding carboxylic acids is 1. The van der Waals surface area contributed by atoms with Crippen molar-refractivity contribution >= 4 is 5.97 Å². The number of carbonyl (C=O) groups is 1. The predicted octanol–water partition coefficient (Wildman–Crippen LogP) is 3.69. The second-order valence-corrected chi connectivity index (χ2v) is 7.91. The van der Waals surface area contributed by atoms with E-state index in [0.29, 0.717) is 17.9 Å². The monoisotopic (exact) mass is 314 g/mol. The summed E-state index contributed by atoms with van der Waals surface area (Å²) in [6, 6.07) is 1.78. The van der Waals surface area contributed by atoms with Gasteiger partial charge in [-0.15, -0.1) is 0 Å². The fraction of sp³-hybridized carbons (Fsp3) is 0.684. The lowest BCUT2D eigenvalue weighted by molar-refractivity contribution is -0.148. The molecule has 0 aromatic carbocycles. The molecule has 2 bridgehead atoms. The number of fused-ring (bicyclic) bond motifs is 2. The van der Waals surface area contributed by atoms with Gasteiger partial charge in [-0.25, -0.2) is 4.79 Å². The van der Waals surface area contributed by atoms with Crippen LogP contribution in [0.3, 0.4) is 0 Å². The van der Waals surface area contributed by atoms with E-state index < -0.39 is 0 Å². The first kappa shape index (κ1) is 15.0. The molecule has 3 atom stereocenters. The molecule has 23 heavy (non-hydrogen) atoms. The van der Waals surface area contributed by atoms with Crippen LogP contribution in [0.5, 0.6) is 0 Å². The van der Waals surface area contributed by atoms with Gasteiger partial charge in [-0.2, -0.15) is 5.10 Å². The molecule has 1 aromatic rings. The zero-order chi connectivity index (χ0) is 16.0. The molecule has 5 rings (SSSR count). The molecule has 2 heterocycles. The Balaban J connectivity index is 1.33. The normalized spacial score (nSPS) is 30.9. The van der Waals surface area contributed by atoms with Crippen molar-refractivity contribution in [3.8, 4) is 0 Å². The van der Waals surface area contributed by atoms with E-state index >= 15 is 0 Å². The number of nitrogens with zero attached hydrogens (tertiary/aromatic N) is 2. The Morgan fingerprint density at radius 1 is 1.48 bits per heavy atom. The number of esters is 1. The maximum Gasteiger partial charge on any atom is 0.330 e. The van der Waals surface area contributed by atoms with Crippen molar-refractivity contribution in [3.05, 3.63) is 29.6 Å². The van der Waals surface area contributed by atoms with E-state index in [1.807, 2.05) is 10.7 Å². The largest absolute Gasteiger partial charge is 0.464 e. The fourth-order valence-electron chi connectivity index (χ4n) is 4.76. The maximum atomic E-state index is 12.4. The van der Waals surface area contributed by atoms with Gasteiger partial charge in [0.2, 0.25) is 0 Å². The van der Waals surface area contributed by atoms with Gasteiger partial charge in [-0.1, -0.05) is 25.5 Å². The lowest BCUT2D eigenvalue weighted by Crippen LogP contribution is -2.48. The van der Waals surface area contributed by atoms with Crippen LogP contribution < -0.4 is 0 Å². The van der Waals surface area contributed by atoms with E-state index in [0.717, 1.165) is 37.3 Å². The number of allylic oxidation sites excluding steroid dienone is 1. The van der Waals surface area contributed by atoms with E-state index in [1.54, 1.807) is 6.20 Å². The van der Waals surface area contributed by atoms with Crippen LogP contribution >= 0.6 is 0 Å². The number of hydrogen-bond donors (Lipinski definition) is 0. The third-order valence-corrected chi connectivity index (χ3v) is 6.45. The molecule has 1 saturated carbocycles. The highest BCUT2D eigenvalue weighted by Gasteiger charge is 2.50. The van der Waals surface area contributed by atoms with Crippen molar-refractivity contribution in [2.75, 3.05) is 6.61 Å². The first-order chi connectivity index (χ1) is 11.1. The zero-order valence-electron chi connectivity index (χ0n) is 14.1. The van der Waals surface area contributed by atoms with Crippen molar-refractivity contribution in [3.63, 3.8) is 0 Å². The Hall–Kier alpha value is -1.58. The van der Waals surface area contributed by atoms with Gasteiger partial charge >= 0.3 is 5.97 Å². The first-order valence-corrected chi connectivity index (χ1v) is 8.95. The molecule has 4 nitrogen and oxygen atoms in total. The Kier molecular flexibility index (Phi) is 3.58. The summed E-state index contributed by atoms with van der Waals surface area (Å²) < 4.78 is 7.46. The molecule has 0 saturated heterocycles. The molecule has 4 heteroatoms. The molecule has 1 aliphatic heterocycles. The number of hydrogen-bond acceptors (Lipinski definition) is 3. The Labute approximate surface area is 137 Å². The smallest absolute Gasteiger partial charge is 0.330 e. The number of aromatic nitrogens is 2. The van der Waals surface area contributed by atoms with Gasteiger partial charge in [0.05, 0.1) is 6.61 Å². The van der Waals surface area contributed by atoms with Gasteiger partial charge in [0.15, 0.2) is 0 Å². The van der Waals surface area contributed by atoms with Crippen molar-refractivity contribution in [1.29, 1.82) is 0 Å². The number of ether oxygens (including phenoxy) is 1. The van der Waals surface area contributed by atoms with Crippen molar-refractivity contribution in [1.82, 2.24) is 9.78 Å². The summed E-state index contributed by atoms with van der Waals surface area (Å²) in [4.78, 5) is 12.4. The number of aryl methyl sites for hydroxylation is 1. The number of rotatable bonds is 4. The topological polar surface area (TPSA) is 44.1 Å². The van der Waals surface area contributed by atoms with E-state index in [4.69, 9.17) is 4.74 Å². The fourth-order valence-corrected chi connectivity index (χ4v) is 4.76. The highest BCUT2D eigenvalue weighted by Crippen LogP contribution is 2.59. The molecule has 0 N–H and O–H groups in total. The maximum absolute atomic E-state index is 12.4. The molecule has 0 spiro atoms. The minimum absolute atomic E-state index is 0.114. The van der Waals surface area contributed by atoms with E-state index in [9.17, 15) is 4.79 Å². The van der Waals surface area contributed by atoms with Crippen molar-refractivity contribution in [2.24, 2.45) is 17.3 Å². The molecule has 1 fully saturated rings. The summed E-state index contributed by atoms with van der Waals surface area (Å²) in [5.74, 6) is 1.45. The Morgan fingerprint density at radius 2 is 2.35 bits per heavy atom. The summed E-state index contributed by atoms with van der Waals surface area (Å²) in [6.45, 7) is 5.27. The zero-order valence-corrected chi connectivity index (χ0v) is 14.1. The minimum Gasteiger partial charge on any atom is -0.464 e. The predicted molar refractivity (Wildman–Crippen MR) is 87.9 cm³/mol. The van der Waals surface area contributed by atoms with Crippen LogP contribution in [0.15, 0.2) is 23.9 Å². The molecule has 0 radical (unpaired) electrons. The second-order valence-electron chi connectivity index (χ2n) is 7.91. The lowest BCUT2D eigenvalue weighted by atomic mass is 9.48. The quantitative estimate of drug-likeness (QED) is 0.629. The highest BCUT2D eigenvalue weighted by atomic mass is 16.5. The molecule has 0 amide bonds. The molecule has 3 aliphatic carbocycles.